The van der Waals surface area contributed by atoms with E-state index in [4.69, 9.17) is 9.47 Å². The molecule has 0 N–H and O–H groups in total. The number of carbonyl (C=O) groups is 1. The Hall–Kier alpha value is -1.78. The second-order valence-electron chi connectivity index (χ2n) is 3.83. The van der Waals surface area contributed by atoms with Gasteiger partial charge in [0.2, 0.25) is 0 Å². The normalized spacial score (nSPS) is 9.94. The summed E-state index contributed by atoms with van der Waals surface area (Å²) in [4.78, 5) is 17.4. The fourth-order valence-electron chi connectivity index (χ4n) is 1.47. The van der Waals surface area contributed by atoms with Crippen LogP contribution >= 0.6 is 0 Å². The van der Waals surface area contributed by atoms with Crippen LogP contribution < -0.4 is 9.64 Å². The van der Waals surface area contributed by atoms with Crippen molar-refractivity contribution in [1.82, 2.24) is 4.98 Å². The number of pyridine rings is 1. The van der Waals surface area contributed by atoms with Gasteiger partial charge in [0.25, 0.3) is 0 Å². The number of likely N-dealkylation sites (N-methyl/N-ethyl adjacent to an activating group) is 1. The zero-order valence-electron chi connectivity index (χ0n) is 11.2. The molecule has 1 rings (SSSR count). The molecule has 0 spiro atoms. The summed E-state index contributed by atoms with van der Waals surface area (Å²) in [5, 5.41) is 0. The Morgan fingerprint density at radius 1 is 1.44 bits per heavy atom. The molecule has 18 heavy (non-hydrogen) atoms. The molecule has 1 aromatic heterocycles. The molecule has 0 saturated heterocycles. The van der Waals surface area contributed by atoms with E-state index in [9.17, 15) is 4.79 Å². The maximum Gasteiger partial charge on any atom is 0.325 e. The average molecular weight is 252 g/mol. The predicted octanol–water partition coefficient (Wildman–Crippen LogP) is 1.87. The van der Waals surface area contributed by atoms with Gasteiger partial charge < -0.3 is 14.4 Å². The molecule has 0 aliphatic carbocycles. The third kappa shape index (κ3) is 4.24. The van der Waals surface area contributed by atoms with Gasteiger partial charge in [0.15, 0.2) is 11.6 Å². The molecule has 0 atom stereocenters. The molecule has 1 aromatic rings. The lowest BCUT2D eigenvalue weighted by Crippen LogP contribution is -2.28. The van der Waals surface area contributed by atoms with E-state index in [-0.39, 0.29) is 12.5 Å². The summed E-state index contributed by atoms with van der Waals surface area (Å²) in [6, 6.07) is 3.66. The van der Waals surface area contributed by atoms with Gasteiger partial charge in [-0.3, -0.25) is 4.79 Å². The Bertz CT molecular complexity index is 382. The van der Waals surface area contributed by atoms with Crippen LogP contribution in [0.4, 0.5) is 5.82 Å². The molecule has 0 aromatic carbocycles. The Morgan fingerprint density at radius 2 is 2.22 bits per heavy atom. The highest BCUT2D eigenvalue weighted by Crippen LogP contribution is 2.24. The first-order valence-corrected chi connectivity index (χ1v) is 6.13. The smallest absolute Gasteiger partial charge is 0.325 e. The highest BCUT2D eigenvalue weighted by Gasteiger charge is 2.13. The molecular formula is C13H20N2O3. The van der Waals surface area contributed by atoms with Gasteiger partial charge in [0.05, 0.1) is 13.2 Å². The van der Waals surface area contributed by atoms with Crippen LogP contribution in [0.2, 0.25) is 0 Å². The first kappa shape index (κ1) is 14.3. The molecule has 0 aliphatic rings. The second kappa shape index (κ2) is 7.53. The van der Waals surface area contributed by atoms with Gasteiger partial charge in [-0.15, -0.1) is 0 Å². The summed E-state index contributed by atoms with van der Waals surface area (Å²) >= 11 is 0. The minimum atomic E-state index is -0.271. The van der Waals surface area contributed by atoms with E-state index in [1.165, 1.54) is 0 Å². The number of esters is 1. The molecular weight excluding hydrogens is 232 g/mol. The topological polar surface area (TPSA) is 51.7 Å². The molecule has 0 saturated carbocycles. The van der Waals surface area contributed by atoms with E-state index < -0.39 is 0 Å². The van der Waals surface area contributed by atoms with E-state index >= 15 is 0 Å². The summed E-state index contributed by atoms with van der Waals surface area (Å²) in [6.45, 7) is 5.00. The lowest BCUT2D eigenvalue weighted by molar-refractivity contribution is -0.141. The van der Waals surface area contributed by atoms with E-state index in [2.05, 4.69) is 4.98 Å². The Kier molecular flexibility index (Phi) is 5.97. The fourth-order valence-corrected chi connectivity index (χ4v) is 1.47. The fraction of sp³-hybridized carbons (Fsp3) is 0.538. The molecule has 100 valence electrons. The van der Waals surface area contributed by atoms with Crippen LogP contribution in [0.15, 0.2) is 18.3 Å². The first-order chi connectivity index (χ1) is 8.69. The van der Waals surface area contributed by atoms with Crippen molar-refractivity contribution in [1.29, 1.82) is 0 Å². The van der Waals surface area contributed by atoms with Gasteiger partial charge in [-0.05, 0) is 25.5 Å². The van der Waals surface area contributed by atoms with Crippen LogP contribution in [-0.2, 0) is 9.53 Å². The SMILES string of the molecule is CCCOc1cccnc1N(C)CC(=O)OCC. The van der Waals surface area contributed by atoms with E-state index in [1.54, 1.807) is 25.1 Å². The molecule has 0 bridgehead atoms. The molecule has 5 nitrogen and oxygen atoms in total. The maximum absolute atomic E-state index is 11.4. The molecule has 0 radical (unpaired) electrons. The number of ether oxygens (including phenoxy) is 2. The summed E-state index contributed by atoms with van der Waals surface area (Å²) in [5.74, 6) is 1.07. The number of nitrogens with zero attached hydrogens (tertiary/aromatic N) is 2. The van der Waals surface area contributed by atoms with Crippen molar-refractivity contribution in [3.8, 4) is 5.75 Å². The highest BCUT2D eigenvalue weighted by molar-refractivity contribution is 5.75. The van der Waals surface area contributed by atoms with Crippen molar-refractivity contribution in [2.45, 2.75) is 20.3 Å². The summed E-state index contributed by atoms with van der Waals surface area (Å²) < 4.78 is 10.5. The van der Waals surface area contributed by atoms with Crippen LogP contribution in [0.3, 0.4) is 0 Å². The van der Waals surface area contributed by atoms with Gasteiger partial charge >= 0.3 is 5.97 Å². The maximum atomic E-state index is 11.4. The number of rotatable bonds is 7. The monoisotopic (exact) mass is 252 g/mol. The average Bonchev–Trinajstić information content (AvgIpc) is 2.36. The molecule has 1 heterocycles. The lowest BCUT2D eigenvalue weighted by atomic mass is 10.4. The zero-order valence-corrected chi connectivity index (χ0v) is 11.2. The van der Waals surface area contributed by atoms with E-state index in [0.29, 0.717) is 24.8 Å². The standard InChI is InChI=1S/C13H20N2O3/c1-4-9-18-11-7-6-8-14-13(11)15(3)10-12(16)17-5-2/h6-8H,4-5,9-10H2,1-3H3. The Labute approximate surface area is 108 Å². The van der Waals surface area contributed by atoms with Crippen molar-refractivity contribution in [2.75, 3.05) is 31.7 Å². The van der Waals surface area contributed by atoms with Crippen molar-refractivity contribution >= 4 is 11.8 Å². The van der Waals surface area contributed by atoms with Crippen molar-refractivity contribution in [3.05, 3.63) is 18.3 Å². The van der Waals surface area contributed by atoms with Crippen LogP contribution in [-0.4, -0.2) is 37.8 Å². The van der Waals surface area contributed by atoms with Crippen molar-refractivity contribution in [2.24, 2.45) is 0 Å². The molecule has 0 amide bonds. The second-order valence-corrected chi connectivity index (χ2v) is 3.83. The van der Waals surface area contributed by atoms with Gasteiger partial charge in [0, 0.05) is 13.2 Å². The number of aromatic nitrogens is 1. The number of hydrogen-bond acceptors (Lipinski definition) is 5. The third-order valence-corrected chi connectivity index (χ3v) is 2.25. The van der Waals surface area contributed by atoms with E-state index in [1.807, 2.05) is 19.1 Å². The van der Waals surface area contributed by atoms with Crippen LogP contribution in [0, 0.1) is 0 Å². The van der Waals surface area contributed by atoms with Crippen molar-refractivity contribution in [3.63, 3.8) is 0 Å². The summed E-state index contributed by atoms with van der Waals surface area (Å²) in [7, 11) is 1.79. The quantitative estimate of drug-likeness (QED) is 0.693. The van der Waals surface area contributed by atoms with Gasteiger partial charge in [0.1, 0.15) is 6.54 Å². The number of anilines is 1. The predicted molar refractivity (Wildman–Crippen MR) is 69.9 cm³/mol. The van der Waals surface area contributed by atoms with E-state index in [0.717, 1.165) is 6.42 Å². The molecule has 0 unspecified atom stereocenters. The van der Waals surface area contributed by atoms with Gasteiger partial charge in [-0.2, -0.15) is 0 Å². The summed E-state index contributed by atoms with van der Waals surface area (Å²) in [6.07, 6.45) is 2.60. The van der Waals surface area contributed by atoms with Crippen LogP contribution in [0.25, 0.3) is 0 Å². The zero-order chi connectivity index (χ0) is 13.4. The largest absolute Gasteiger partial charge is 0.490 e. The highest BCUT2D eigenvalue weighted by atomic mass is 16.5. The number of carbonyl (C=O) groups excluding carboxylic acids is 1. The Balaban J connectivity index is 2.71. The Morgan fingerprint density at radius 3 is 2.89 bits per heavy atom. The van der Waals surface area contributed by atoms with Crippen molar-refractivity contribution < 1.29 is 14.3 Å². The van der Waals surface area contributed by atoms with Gasteiger partial charge in [-0.25, -0.2) is 4.98 Å². The third-order valence-electron chi connectivity index (χ3n) is 2.25. The van der Waals surface area contributed by atoms with Crippen LogP contribution in [0.5, 0.6) is 5.75 Å². The molecule has 0 aliphatic heterocycles. The van der Waals surface area contributed by atoms with Gasteiger partial charge in [-0.1, -0.05) is 6.92 Å². The molecule has 5 heteroatoms. The summed E-state index contributed by atoms with van der Waals surface area (Å²) in [5.41, 5.74) is 0. The minimum absolute atomic E-state index is 0.160. The van der Waals surface area contributed by atoms with Crippen LogP contribution in [0.1, 0.15) is 20.3 Å². The number of hydrogen-bond donors (Lipinski definition) is 0. The minimum Gasteiger partial charge on any atom is -0.490 e. The lowest BCUT2D eigenvalue weighted by Gasteiger charge is -2.19. The first-order valence-electron chi connectivity index (χ1n) is 6.13. The molecule has 0 fully saturated rings.